The zero-order valence-electron chi connectivity index (χ0n) is 15.5. The molecule has 27 heavy (non-hydrogen) atoms. The molecule has 0 radical (unpaired) electrons. The van der Waals surface area contributed by atoms with Crippen LogP contribution in [-0.2, 0) is 9.59 Å². The van der Waals surface area contributed by atoms with E-state index in [-0.39, 0.29) is 17.6 Å². The maximum absolute atomic E-state index is 12.4. The molecule has 0 unspecified atom stereocenters. The number of rotatable bonds is 6. The van der Waals surface area contributed by atoms with Gasteiger partial charge in [0.1, 0.15) is 6.04 Å². The van der Waals surface area contributed by atoms with Gasteiger partial charge in [-0.2, -0.15) is 0 Å². The van der Waals surface area contributed by atoms with Crippen LogP contribution >= 0.6 is 0 Å². The third-order valence-corrected chi connectivity index (χ3v) is 4.59. The number of hydrogen-bond acceptors (Lipinski definition) is 4. The zero-order chi connectivity index (χ0) is 19.4. The monoisotopic (exact) mass is 365 g/mol. The van der Waals surface area contributed by atoms with Gasteiger partial charge in [0.15, 0.2) is 5.78 Å². The minimum atomic E-state index is -0.447. The van der Waals surface area contributed by atoms with Crippen LogP contribution in [0.25, 0.3) is 0 Å². The molecule has 0 aliphatic carbocycles. The molecule has 1 aliphatic heterocycles. The summed E-state index contributed by atoms with van der Waals surface area (Å²) >= 11 is 0. The standard InChI is InChI=1S/C21H23N3O3/c1-14(21(27)23-18-7-5-16(6-8-18)15(2)25)22-17-9-11-19(12-10-17)24-13-3-4-20(24)26/h5-12,14,22H,3-4,13H2,1-2H3,(H,23,27)/t14-/m0/s1. The molecule has 2 aromatic carbocycles. The number of carbonyl (C=O) groups excluding carboxylic acids is 3. The van der Waals surface area contributed by atoms with Gasteiger partial charge in [-0.15, -0.1) is 0 Å². The van der Waals surface area contributed by atoms with Gasteiger partial charge in [0.2, 0.25) is 11.8 Å². The van der Waals surface area contributed by atoms with E-state index in [0.29, 0.717) is 17.7 Å². The van der Waals surface area contributed by atoms with Gasteiger partial charge in [-0.25, -0.2) is 0 Å². The predicted octanol–water partition coefficient (Wildman–Crippen LogP) is 3.46. The quantitative estimate of drug-likeness (QED) is 0.769. The van der Waals surface area contributed by atoms with E-state index in [1.807, 2.05) is 24.3 Å². The van der Waals surface area contributed by atoms with Crippen molar-refractivity contribution in [2.45, 2.75) is 32.7 Å². The normalized spacial score (nSPS) is 14.7. The first-order chi connectivity index (χ1) is 12.9. The number of benzene rings is 2. The fourth-order valence-electron chi connectivity index (χ4n) is 3.01. The summed E-state index contributed by atoms with van der Waals surface area (Å²) in [6, 6.07) is 13.9. The van der Waals surface area contributed by atoms with E-state index in [2.05, 4.69) is 10.6 Å². The maximum atomic E-state index is 12.4. The number of hydrogen-bond donors (Lipinski definition) is 2. The molecule has 2 amide bonds. The highest BCUT2D eigenvalue weighted by Gasteiger charge is 2.21. The topological polar surface area (TPSA) is 78.5 Å². The summed E-state index contributed by atoms with van der Waals surface area (Å²) < 4.78 is 0. The lowest BCUT2D eigenvalue weighted by Crippen LogP contribution is -2.31. The Morgan fingerprint density at radius 1 is 1.00 bits per heavy atom. The van der Waals surface area contributed by atoms with E-state index in [9.17, 15) is 14.4 Å². The number of nitrogens with zero attached hydrogens (tertiary/aromatic N) is 1. The van der Waals surface area contributed by atoms with Crippen molar-refractivity contribution in [2.75, 3.05) is 22.1 Å². The van der Waals surface area contributed by atoms with Gasteiger partial charge in [-0.05, 0) is 68.8 Å². The molecular formula is C21H23N3O3. The van der Waals surface area contributed by atoms with Crippen LogP contribution in [-0.4, -0.2) is 30.2 Å². The second-order valence-electron chi connectivity index (χ2n) is 6.68. The van der Waals surface area contributed by atoms with Gasteiger partial charge >= 0.3 is 0 Å². The van der Waals surface area contributed by atoms with E-state index in [0.717, 1.165) is 24.3 Å². The van der Waals surface area contributed by atoms with E-state index in [1.165, 1.54) is 6.92 Å². The molecular weight excluding hydrogens is 342 g/mol. The van der Waals surface area contributed by atoms with Crippen molar-refractivity contribution in [2.24, 2.45) is 0 Å². The second kappa shape index (κ2) is 8.03. The molecule has 6 heteroatoms. The Balaban J connectivity index is 1.57. The molecule has 0 saturated carbocycles. The van der Waals surface area contributed by atoms with Crippen LogP contribution in [0, 0.1) is 0 Å². The Hall–Kier alpha value is -3.15. The van der Waals surface area contributed by atoms with Crippen LogP contribution in [0.3, 0.4) is 0 Å². The molecule has 1 heterocycles. The van der Waals surface area contributed by atoms with Gasteiger partial charge in [-0.1, -0.05) is 0 Å². The highest BCUT2D eigenvalue weighted by molar-refractivity contribution is 5.98. The van der Waals surface area contributed by atoms with E-state index in [1.54, 1.807) is 36.1 Å². The summed E-state index contributed by atoms with van der Waals surface area (Å²) in [5.41, 5.74) is 2.93. The smallest absolute Gasteiger partial charge is 0.246 e. The number of nitrogens with one attached hydrogen (secondary N) is 2. The minimum absolute atomic E-state index is 0.0120. The van der Waals surface area contributed by atoms with E-state index < -0.39 is 6.04 Å². The summed E-state index contributed by atoms with van der Waals surface area (Å²) in [6.45, 7) is 4.04. The average molecular weight is 365 g/mol. The largest absolute Gasteiger partial charge is 0.374 e. The van der Waals surface area contributed by atoms with Crippen LogP contribution < -0.4 is 15.5 Å². The number of ketones is 1. The second-order valence-corrected chi connectivity index (χ2v) is 6.68. The average Bonchev–Trinajstić information content (AvgIpc) is 3.08. The molecule has 3 rings (SSSR count). The van der Waals surface area contributed by atoms with Crippen molar-refractivity contribution < 1.29 is 14.4 Å². The Labute approximate surface area is 158 Å². The van der Waals surface area contributed by atoms with Gasteiger partial charge in [-0.3, -0.25) is 14.4 Å². The molecule has 140 valence electrons. The van der Waals surface area contributed by atoms with Crippen LogP contribution in [0.4, 0.5) is 17.1 Å². The Kier molecular flexibility index (Phi) is 5.54. The van der Waals surface area contributed by atoms with Crippen LogP contribution in [0.5, 0.6) is 0 Å². The summed E-state index contributed by atoms with van der Waals surface area (Å²) in [5, 5.41) is 5.98. The van der Waals surface area contributed by atoms with Crippen molar-refractivity contribution in [1.29, 1.82) is 0 Å². The molecule has 1 aliphatic rings. The van der Waals surface area contributed by atoms with Crippen molar-refractivity contribution >= 4 is 34.7 Å². The first kappa shape index (κ1) is 18.6. The number of amides is 2. The number of anilines is 3. The molecule has 2 N–H and O–H groups in total. The highest BCUT2D eigenvalue weighted by Crippen LogP contribution is 2.23. The molecule has 6 nitrogen and oxygen atoms in total. The lowest BCUT2D eigenvalue weighted by molar-refractivity contribution is -0.117. The van der Waals surface area contributed by atoms with Crippen LogP contribution in [0.15, 0.2) is 48.5 Å². The van der Waals surface area contributed by atoms with Crippen LogP contribution in [0.2, 0.25) is 0 Å². The predicted molar refractivity (Wildman–Crippen MR) is 106 cm³/mol. The summed E-state index contributed by atoms with van der Waals surface area (Å²) in [7, 11) is 0. The SMILES string of the molecule is CC(=O)c1ccc(NC(=O)[C@H](C)Nc2ccc(N3CCCC3=O)cc2)cc1. The van der Waals surface area contributed by atoms with Gasteiger partial charge in [0.05, 0.1) is 0 Å². The fraction of sp³-hybridized carbons (Fsp3) is 0.286. The molecule has 0 aromatic heterocycles. The Morgan fingerprint density at radius 3 is 2.19 bits per heavy atom. The molecule has 2 aromatic rings. The van der Waals surface area contributed by atoms with Gasteiger partial charge in [0.25, 0.3) is 0 Å². The van der Waals surface area contributed by atoms with Gasteiger partial charge in [0, 0.05) is 35.6 Å². The molecule has 0 bridgehead atoms. The Bertz CT molecular complexity index is 844. The lowest BCUT2D eigenvalue weighted by Gasteiger charge is -2.18. The fourth-order valence-corrected chi connectivity index (χ4v) is 3.01. The van der Waals surface area contributed by atoms with Gasteiger partial charge < -0.3 is 15.5 Å². The maximum Gasteiger partial charge on any atom is 0.246 e. The first-order valence-electron chi connectivity index (χ1n) is 9.03. The summed E-state index contributed by atoms with van der Waals surface area (Å²) in [6.07, 6.45) is 1.49. The summed E-state index contributed by atoms with van der Waals surface area (Å²) in [4.78, 5) is 37.2. The van der Waals surface area contributed by atoms with Crippen molar-refractivity contribution in [3.63, 3.8) is 0 Å². The van der Waals surface area contributed by atoms with Crippen LogP contribution in [0.1, 0.15) is 37.0 Å². The van der Waals surface area contributed by atoms with Crippen molar-refractivity contribution in [3.8, 4) is 0 Å². The van der Waals surface area contributed by atoms with Crippen molar-refractivity contribution in [3.05, 3.63) is 54.1 Å². The molecule has 1 atom stereocenters. The van der Waals surface area contributed by atoms with E-state index in [4.69, 9.17) is 0 Å². The zero-order valence-corrected chi connectivity index (χ0v) is 15.5. The van der Waals surface area contributed by atoms with Crippen molar-refractivity contribution in [1.82, 2.24) is 0 Å². The highest BCUT2D eigenvalue weighted by atomic mass is 16.2. The lowest BCUT2D eigenvalue weighted by atomic mass is 10.1. The Morgan fingerprint density at radius 2 is 1.63 bits per heavy atom. The molecule has 1 saturated heterocycles. The molecule has 0 spiro atoms. The summed E-state index contributed by atoms with van der Waals surface area (Å²) in [5.74, 6) is -0.0365. The number of carbonyl (C=O) groups is 3. The third-order valence-electron chi connectivity index (χ3n) is 4.59. The first-order valence-corrected chi connectivity index (χ1v) is 9.03. The minimum Gasteiger partial charge on any atom is -0.374 e. The molecule has 1 fully saturated rings. The van der Waals surface area contributed by atoms with E-state index >= 15 is 0 Å². The number of Topliss-reactive ketones (excluding diaryl/α,β-unsaturated/α-hetero) is 1. The third kappa shape index (κ3) is 4.53.